The van der Waals surface area contributed by atoms with Crippen LogP contribution >= 0.6 is 0 Å². The molecule has 1 fully saturated rings. The number of hydrogen-bond acceptors (Lipinski definition) is 4. The Morgan fingerprint density at radius 1 is 1.47 bits per heavy atom. The number of hydrogen-bond donors (Lipinski definition) is 0. The zero-order valence-corrected chi connectivity index (χ0v) is 8.18. The van der Waals surface area contributed by atoms with Crippen LogP contribution in [0.3, 0.4) is 0 Å². The smallest absolute Gasteiger partial charge is 0.279 e. The molecule has 0 amide bonds. The number of morpholine rings is 1. The van der Waals surface area contributed by atoms with E-state index in [0.717, 1.165) is 18.8 Å². The van der Waals surface area contributed by atoms with E-state index in [2.05, 4.69) is 11.0 Å². The van der Waals surface area contributed by atoms with E-state index in [1.54, 1.807) is 12.1 Å². The van der Waals surface area contributed by atoms with Crippen molar-refractivity contribution in [2.75, 3.05) is 31.2 Å². The lowest BCUT2D eigenvalue weighted by molar-refractivity contribution is -0.385. The van der Waals surface area contributed by atoms with Gasteiger partial charge in [-0.05, 0) is 12.1 Å². The first-order valence-electron chi connectivity index (χ1n) is 4.76. The molecule has 0 atom stereocenters. The number of nitrogens with zero attached hydrogens (tertiary/aromatic N) is 2. The average molecular weight is 207 g/mol. The fourth-order valence-electron chi connectivity index (χ4n) is 1.57. The Morgan fingerprint density at radius 3 is 2.87 bits per heavy atom. The maximum atomic E-state index is 10.6. The van der Waals surface area contributed by atoms with Crippen molar-refractivity contribution < 1.29 is 9.66 Å². The molecule has 1 aromatic carbocycles. The second-order valence-electron chi connectivity index (χ2n) is 3.29. The maximum Gasteiger partial charge on any atom is 0.279 e. The van der Waals surface area contributed by atoms with Gasteiger partial charge >= 0.3 is 0 Å². The lowest BCUT2D eigenvalue weighted by Crippen LogP contribution is -2.36. The highest BCUT2D eigenvalue weighted by Crippen LogP contribution is 2.21. The van der Waals surface area contributed by atoms with Crippen molar-refractivity contribution in [2.45, 2.75) is 0 Å². The van der Waals surface area contributed by atoms with E-state index in [9.17, 15) is 10.1 Å². The standard InChI is InChI=1S/C10H11N2O3/c13-12(14)10-3-1-2-9(8-10)11-4-6-15-7-5-11/h1-2,8H,4-7H2. The van der Waals surface area contributed by atoms with Gasteiger partial charge in [0.2, 0.25) is 0 Å². The van der Waals surface area contributed by atoms with Crippen LogP contribution in [0.15, 0.2) is 18.2 Å². The number of non-ortho nitro benzene ring substituents is 1. The van der Waals surface area contributed by atoms with Gasteiger partial charge in [0.05, 0.1) is 24.2 Å². The average Bonchev–Trinajstić information content (AvgIpc) is 2.30. The van der Waals surface area contributed by atoms with Crippen LogP contribution in [0.2, 0.25) is 0 Å². The molecule has 0 spiro atoms. The summed E-state index contributed by atoms with van der Waals surface area (Å²) in [6, 6.07) is 7.56. The van der Waals surface area contributed by atoms with Crippen molar-refractivity contribution in [1.29, 1.82) is 0 Å². The van der Waals surface area contributed by atoms with Crippen LogP contribution < -0.4 is 4.90 Å². The van der Waals surface area contributed by atoms with Gasteiger partial charge in [0.1, 0.15) is 0 Å². The number of rotatable bonds is 2. The molecule has 0 unspecified atom stereocenters. The molecular formula is C10H11N2O3. The van der Waals surface area contributed by atoms with Crippen LogP contribution in [-0.2, 0) is 4.74 Å². The molecule has 2 rings (SSSR count). The normalized spacial score (nSPS) is 16.4. The molecule has 1 aromatic rings. The lowest BCUT2D eigenvalue weighted by atomic mass is 10.2. The number of nitro groups is 1. The topological polar surface area (TPSA) is 55.6 Å². The molecule has 0 bridgehead atoms. The second kappa shape index (κ2) is 4.27. The summed E-state index contributed by atoms with van der Waals surface area (Å²) in [5, 5.41) is 10.6. The fraction of sp³-hybridized carbons (Fsp3) is 0.400. The third-order valence-electron chi connectivity index (χ3n) is 2.34. The summed E-state index contributed by atoms with van der Waals surface area (Å²) >= 11 is 0. The number of anilines is 1. The SMILES string of the molecule is O=[N+]([O-])c1[c]ccc(N2CCOCC2)c1. The third kappa shape index (κ3) is 2.24. The summed E-state index contributed by atoms with van der Waals surface area (Å²) in [6.45, 7) is 2.90. The molecule has 15 heavy (non-hydrogen) atoms. The Kier molecular flexibility index (Phi) is 2.82. The Balaban J connectivity index is 2.19. The van der Waals surface area contributed by atoms with Crippen LogP contribution in [0.25, 0.3) is 0 Å². The summed E-state index contributed by atoms with van der Waals surface area (Å²) in [4.78, 5) is 12.2. The zero-order chi connectivity index (χ0) is 10.7. The third-order valence-corrected chi connectivity index (χ3v) is 2.34. The summed E-state index contributed by atoms with van der Waals surface area (Å²) in [5.74, 6) is 0. The van der Waals surface area contributed by atoms with Gasteiger partial charge in [-0.15, -0.1) is 0 Å². The molecule has 1 aliphatic rings. The van der Waals surface area contributed by atoms with Gasteiger partial charge in [-0.1, -0.05) is 0 Å². The van der Waals surface area contributed by atoms with Gasteiger partial charge < -0.3 is 9.64 Å². The molecule has 1 heterocycles. The summed E-state index contributed by atoms with van der Waals surface area (Å²) in [6.07, 6.45) is 0. The minimum absolute atomic E-state index is 0.0130. The largest absolute Gasteiger partial charge is 0.378 e. The first-order valence-corrected chi connectivity index (χ1v) is 4.76. The van der Waals surface area contributed by atoms with Crippen molar-refractivity contribution in [3.05, 3.63) is 34.4 Å². The van der Waals surface area contributed by atoms with E-state index in [4.69, 9.17) is 4.74 Å². The molecule has 0 N–H and O–H groups in total. The van der Waals surface area contributed by atoms with Gasteiger partial charge in [0, 0.05) is 24.8 Å². The lowest BCUT2D eigenvalue weighted by Gasteiger charge is -2.28. The Labute approximate surface area is 87.4 Å². The van der Waals surface area contributed by atoms with Crippen molar-refractivity contribution in [3.8, 4) is 0 Å². The van der Waals surface area contributed by atoms with Gasteiger partial charge in [0.15, 0.2) is 0 Å². The highest BCUT2D eigenvalue weighted by atomic mass is 16.6. The van der Waals surface area contributed by atoms with E-state index >= 15 is 0 Å². The predicted octanol–water partition coefficient (Wildman–Crippen LogP) is 1.23. The molecule has 5 heteroatoms. The highest BCUT2D eigenvalue weighted by molar-refractivity contribution is 5.52. The second-order valence-corrected chi connectivity index (χ2v) is 3.29. The van der Waals surface area contributed by atoms with Crippen molar-refractivity contribution in [1.82, 2.24) is 0 Å². The Morgan fingerprint density at radius 2 is 2.20 bits per heavy atom. The van der Waals surface area contributed by atoms with Crippen molar-refractivity contribution in [3.63, 3.8) is 0 Å². The van der Waals surface area contributed by atoms with E-state index in [1.165, 1.54) is 0 Å². The molecule has 5 nitrogen and oxygen atoms in total. The Bertz CT molecular complexity index is 361. The van der Waals surface area contributed by atoms with Crippen LogP contribution in [0.5, 0.6) is 0 Å². The van der Waals surface area contributed by atoms with Crippen molar-refractivity contribution >= 4 is 11.4 Å². The van der Waals surface area contributed by atoms with Crippen LogP contribution in [0.4, 0.5) is 11.4 Å². The minimum Gasteiger partial charge on any atom is -0.378 e. The highest BCUT2D eigenvalue weighted by Gasteiger charge is 2.14. The van der Waals surface area contributed by atoms with Crippen LogP contribution in [0.1, 0.15) is 0 Å². The van der Waals surface area contributed by atoms with E-state index < -0.39 is 4.92 Å². The van der Waals surface area contributed by atoms with Gasteiger partial charge in [-0.3, -0.25) is 10.1 Å². The Hall–Kier alpha value is -1.62. The first kappa shape index (κ1) is 9.92. The monoisotopic (exact) mass is 207 g/mol. The quantitative estimate of drug-likeness (QED) is 0.540. The van der Waals surface area contributed by atoms with Gasteiger partial charge in [0.25, 0.3) is 5.69 Å². The van der Waals surface area contributed by atoms with E-state index in [0.29, 0.717) is 13.2 Å². The molecule has 0 aromatic heterocycles. The summed E-state index contributed by atoms with van der Waals surface area (Å²) in [5.41, 5.74) is 0.878. The van der Waals surface area contributed by atoms with E-state index in [-0.39, 0.29) is 5.69 Å². The van der Waals surface area contributed by atoms with Crippen molar-refractivity contribution in [2.24, 2.45) is 0 Å². The summed E-state index contributed by atoms with van der Waals surface area (Å²) < 4.78 is 5.22. The molecule has 0 saturated carbocycles. The zero-order valence-electron chi connectivity index (χ0n) is 8.18. The van der Waals surface area contributed by atoms with E-state index in [1.807, 2.05) is 6.07 Å². The molecule has 79 valence electrons. The number of ether oxygens (including phenoxy) is 1. The van der Waals surface area contributed by atoms with Gasteiger partial charge in [-0.2, -0.15) is 0 Å². The molecule has 1 radical (unpaired) electrons. The fourth-order valence-corrected chi connectivity index (χ4v) is 1.57. The number of nitro benzene ring substituents is 1. The molecular weight excluding hydrogens is 196 g/mol. The molecule has 0 aliphatic carbocycles. The van der Waals surface area contributed by atoms with Crippen LogP contribution in [-0.4, -0.2) is 31.2 Å². The minimum atomic E-state index is -0.427. The predicted molar refractivity (Wildman–Crippen MR) is 55.0 cm³/mol. The number of benzene rings is 1. The molecule has 1 saturated heterocycles. The maximum absolute atomic E-state index is 10.6. The van der Waals surface area contributed by atoms with Crippen LogP contribution in [0, 0.1) is 16.2 Å². The first-order chi connectivity index (χ1) is 7.27. The summed E-state index contributed by atoms with van der Waals surface area (Å²) in [7, 11) is 0. The molecule has 1 aliphatic heterocycles. The van der Waals surface area contributed by atoms with Gasteiger partial charge in [-0.25, -0.2) is 0 Å².